The van der Waals surface area contributed by atoms with Gasteiger partial charge in [0.05, 0.1) is 0 Å². The Hall–Kier alpha value is -2.70. The molecule has 6 heteroatoms. The minimum absolute atomic E-state index is 0.148. The molecule has 4 nitrogen and oxygen atoms in total. The molecule has 3 aromatic rings. The summed E-state index contributed by atoms with van der Waals surface area (Å²) in [5.41, 5.74) is 3.26. The molecule has 0 aliphatic carbocycles. The fourth-order valence-corrected chi connectivity index (χ4v) is 3.23. The molecule has 0 N–H and O–H groups in total. The fourth-order valence-electron chi connectivity index (χ4n) is 2.74. The van der Waals surface area contributed by atoms with Crippen LogP contribution in [0.5, 0.6) is 0 Å². The number of hydrogen-bond donors (Lipinski definition) is 2. The van der Waals surface area contributed by atoms with Gasteiger partial charge >= 0.3 is 11.9 Å². The van der Waals surface area contributed by atoms with E-state index in [0.29, 0.717) is 0 Å². The largest absolute Gasteiger partial charge is 0.460 e. The van der Waals surface area contributed by atoms with Crippen LogP contribution in [0.4, 0.5) is 0 Å². The van der Waals surface area contributed by atoms with E-state index in [1.807, 2.05) is 84.9 Å². The zero-order chi connectivity index (χ0) is 21.3. The first-order valence-corrected chi connectivity index (χ1v) is 10.4. The minimum Gasteiger partial charge on any atom is -0.460 e. The van der Waals surface area contributed by atoms with Crippen molar-refractivity contribution >= 4 is 37.2 Å². The summed E-state index contributed by atoms with van der Waals surface area (Å²) in [6.07, 6.45) is 0. The molecule has 0 bridgehead atoms. The molecule has 0 saturated carbocycles. The molecule has 0 fully saturated rings. The number of rotatable bonds is 8. The second-order valence-electron chi connectivity index (χ2n) is 6.66. The van der Waals surface area contributed by atoms with Gasteiger partial charge < -0.3 is 9.47 Å². The Bertz CT molecular complexity index is 879. The van der Waals surface area contributed by atoms with Gasteiger partial charge in [0, 0.05) is 0 Å². The number of ether oxygens (including phenoxy) is 2. The van der Waals surface area contributed by atoms with Crippen LogP contribution in [0.25, 0.3) is 0 Å². The SMILES string of the molecule is O=C(OCc1ccc(COC(=O)C(S)c2ccccc2)cc1)C(S)c1ccccc1. The average Bonchev–Trinajstić information content (AvgIpc) is 2.81. The highest BCUT2D eigenvalue weighted by Gasteiger charge is 2.18. The minimum atomic E-state index is -0.622. The Balaban J connectivity index is 1.47. The van der Waals surface area contributed by atoms with E-state index in [-0.39, 0.29) is 13.2 Å². The van der Waals surface area contributed by atoms with Gasteiger partial charge in [-0.05, 0) is 22.3 Å². The third kappa shape index (κ3) is 6.15. The van der Waals surface area contributed by atoms with E-state index in [4.69, 9.17) is 9.47 Å². The number of carbonyl (C=O) groups is 2. The molecule has 0 radical (unpaired) electrons. The maximum Gasteiger partial charge on any atom is 0.323 e. The Kier molecular flexibility index (Phi) is 7.99. The van der Waals surface area contributed by atoms with Crippen molar-refractivity contribution in [3.63, 3.8) is 0 Å². The van der Waals surface area contributed by atoms with Gasteiger partial charge in [-0.3, -0.25) is 9.59 Å². The molecule has 0 heterocycles. The maximum atomic E-state index is 12.2. The van der Waals surface area contributed by atoms with E-state index < -0.39 is 22.4 Å². The van der Waals surface area contributed by atoms with Crippen LogP contribution in [0, 0.1) is 0 Å². The molecular weight excluding hydrogens is 416 g/mol. The summed E-state index contributed by atoms with van der Waals surface area (Å²) in [6.45, 7) is 0.297. The van der Waals surface area contributed by atoms with Crippen LogP contribution >= 0.6 is 25.3 Å². The number of thiol groups is 2. The van der Waals surface area contributed by atoms with E-state index >= 15 is 0 Å². The second kappa shape index (κ2) is 10.9. The van der Waals surface area contributed by atoms with Crippen molar-refractivity contribution in [1.82, 2.24) is 0 Å². The summed E-state index contributed by atoms with van der Waals surface area (Å²) in [5.74, 6) is -0.799. The van der Waals surface area contributed by atoms with Gasteiger partial charge in [0.15, 0.2) is 0 Å². The summed E-state index contributed by atoms with van der Waals surface area (Å²) in [7, 11) is 0. The van der Waals surface area contributed by atoms with Crippen molar-refractivity contribution < 1.29 is 19.1 Å². The number of benzene rings is 3. The first kappa shape index (κ1) is 22.0. The van der Waals surface area contributed by atoms with Gasteiger partial charge in [0.1, 0.15) is 23.7 Å². The van der Waals surface area contributed by atoms with Gasteiger partial charge in [-0.1, -0.05) is 84.9 Å². The normalized spacial score (nSPS) is 12.6. The molecule has 0 saturated heterocycles. The summed E-state index contributed by atoms with van der Waals surface area (Å²) in [6, 6.07) is 25.9. The van der Waals surface area contributed by atoms with Crippen LogP contribution < -0.4 is 0 Å². The smallest absolute Gasteiger partial charge is 0.323 e. The molecule has 0 spiro atoms. The van der Waals surface area contributed by atoms with E-state index in [2.05, 4.69) is 25.3 Å². The Morgan fingerprint density at radius 1 is 0.600 bits per heavy atom. The lowest BCUT2D eigenvalue weighted by molar-refractivity contribution is -0.145. The van der Waals surface area contributed by atoms with Crippen LogP contribution in [0.3, 0.4) is 0 Å². The Labute approximate surface area is 187 Å². The predicted molar refractivity (Wildman–Crippen MR) is 122 cm³/mol. The van der Waals surface area contributed by atoms with Crippen molar-refractivity contribution in [1.29, 1.82) is 0 Å². The number of carbonyl (C=O) groups excluding carboxylic acids is 2. The molecule has 0 aromatic heterocycles. The summed E-state index contributed by atoms with van der Waals surface area (Å²) in [4.78, 5) is 24.4. The van der Waals surface area contributed by atoms with Gasteiger partial charge in [-0.15, -0.1) is 0 Å². The van der Waals surface area contributed by atoms with Crippen LogP contribution in [-0.2, 0) is 32.3 Å². The molecule has 154 valence electrons. The molecule has 30 heavy (non-hydrogen) atoms. The van der Waals surface area contributed by atoms with Crippen molar-refractivity contribution in [3.05, 3.63) is 107 Å². The predicted octanol–water partition coefficient (Wildman–Crippen LogP) is 5.12. The molecule has 0 aliphatic heterocycles. The lowest BCUT2D eigenvalue weighted by atomic mass is 10.1. The molecule has 3 aromatic carbocycles. The lowest BCUT2D eigenvalue weighted by Gasteiger charge is -2.12. The van der Waals surface area contributed by atoms with E-state index in [0.717, 1.165) is 22.3 Å². The average molecular weight is 439 g/mol. The van der Waals surface area contributed by atoms with Gasteiger partial charge in [0.2, 0.25) is 0 Å². The third-order valence-corrected chi connectivity index (χ3v) is 5.48. The zero-order valence-corrected chi connectivity index (χ0v) is 18.0. The van der Waals surface area contributed by atoms with Crippen molar-refractivity contribution in [3.8, 4) is 0 Å². The van der Waals surface area contributed by atoms with Gasteiger partial charge in [-0.2, -0.15) is 25.3 Å². The summed E-state index contributed by atoms with van der Waals surface area (Å²) >= 11 is 8.68. The van der Waals surface area contributed by atoms with Crippen LogP contribution in [0.2, 0.25) is 0 Å². The van der Waals surface area contributed by atoms with Gasteiger partial charge in [-0.25, -0.2) is 0 Å². The number of hydrogen-bond acceptors (Lipinski definition) is 6. The molecule has 2 unspecified atom stereocenters. The van der Waals surface area contributed by atoms with E-state index in [9.17, 15) is 9.59 Å². The van der Waals surface area contributed by atoms with E-state index in [1.54, 1.807) is 0 Å². The van der Waals surface area contributed by atoms with Crippen LogP contribution in [0.15, 0.2) is 84.9 Å². The monoisotopic (exact) mass is 438 g/mol. The Morgan fingerprint density at radius 2 is 0.933 bits per heavy atom. The highest BCUT2D eigenvalue weighted by atomic mass is 32.1. The van der Waals surface area contributed by atoms with Crippen molar-refractivity contribution in [2.45, 2.75) is 23.7 Å². The highest BCUT2D eigenvalue weighted by Crippen LogP contribution is 2.23. The van der Waals surface area contributed by atoms with E-state index in [1.165, 1.54) is 0 Å². The molecule has 0 amide bonds. The topological polar surface area (TPSA) is 52.6 Å². The second-order valence-corrected chi connectivity index (χ2v) is 7.69. The fraction of sp³-hybridized carbons (Fsp3) is 0.167. The standard InChI is InChI=1S/C24H22O4S2/c25-23(21(29)19-7-3-1-4-8-19)27-15-17-11-13-18(14-12-17)16-28-24(26)22(30)20-9-5-2-6-10-20/h1-14,21-22,29-30H,15-16H2. The molecule has 2 atom stereocenters. The number of esters is 2. The van der Waals surface area contributed by atoms with Crippen molar-refractivity contribution in [2.24, 2.45) is 0 Å². The third-order valence-electron chi connectivity index (χ3n) is 4.46. The molecule has 0 aliphatic rings. The quantitative estimate of drug-likeness (QED) is 0.379. The van der Waals surface area contributed by atoms with Crippen LogP contribution in [0.1, 0.15) is 32.8 Å². The maximum absolute atomic E-state index is 12.2. The first-order chi connectivity index (χ1) is 14.5. The lowest BCUT2D eigenvalue weighted by Crippen LogP contribution is -2.12. The van der Waals surface area contributed by atoms with Crippen LogP contribution in [-0.4, -0.2) is 11.9 Å². The highest BCUT2D eigenvalue weighted by molar-refractivity contribution is 7.81. The summed E-state index contributed by atoms with van der Waals surface area (Å²) < 4.78 is 10.7. The Morgan fingerprint density at radius 3 is 1.27 bits per heavy atom. The summed E-state index contributed by atoms with van der Waals surface area (Å²) in [5, 5.41) is -1.24. The van der Waals surface area contributed by atoms with Gasteiger partial charge in [0.25, 0.3) is 0 Å². The molecular formula is C24H22O4S2. The molecule has 3 rings (SSSR count). The zero-order valence-electron chi connectivity index (χ0n) is 16.2. The van der Waals surface area contributed by atoms with Crippen molar-refractivity contribution in [2.75, 3.05) is 0 Å². The first-order valence-electron chi connectivity index (χ1n) is 9.41.